The smallest absolute Gasteiger partial charge is 0.322 e. The van der Waals surface area contributed by atoms with Crippen LogP contribution in [0.25, 0.3) is 0 Å². The fraction of sp³-hybridized carbons (Fsp3) is 0.625. The maximum absolute atomic E-state index is 11.2. The number of carbonyl (C=O) groups is 3. The van der Waals surface area contributed by atoms with Gasteiger partial charge in [-0.2, -0.15) is 0 Å². The van der Waals surface area contributed by atoms with E-state index >= 15 is 0 Å². The summed E-state index contributed by atoms with van der Waals surface area (Å²) in [4.78, 5) is 32.3. The van der Waals surface area contributed by atoms with E-state index in [-0.39, 0.29) is 18.4 Å². The molecule has 0 aromatic heterocycles. The number of hydrogen-bond donors (Lipinski definition) is 4. The second-order valence-electron chi connectivity index (χ2n) is 3.24. The van der Waals surface area contributed by atoms with Crippen molar-refractivity contribution in [2.75, 3.05) is 26.2 Å². The van der Waals surface area contributed by atoms with Crippen molar-refractivity contribution >= 4 is 17.8 Å². The van der Waals surface area contributed by atoms with Crippen LogP contribution >= 0.6 is 0 Å². The number of carbonyl (C=O) groups excluding carboxylic acids is 2. The van der Waals surface area contributed by atoms with Crippen LogP contribution in [-0.4, -0.2) is 49.1 Å². The Morgan fingerprint density at radius 2 is 1.87 bits per heavy atom. The lowest BCUT2D eigenvalue weighted by Crippen LogP contribution is -2.52. The van der Waals surface area contributed by atoms with E-state index in [1.54, 1.807) is 0 Å². The second-order valence-corrected chi connectivity index (χ2v) is 3.24. The lowest BCUT2D eigenvalue weighted by atomic mass is 10.0. The van der Waals surface area contributed by atoms with Gasteiger partial charge in [0, 0.05) is 13.1 Å². The molecule has 7 heteroatoms. The number of amides is 2. The zero-order valence-corrected chi connectivity index (χ0v) is 8.08. The van der Waals surface area contributed by atoms with Gasteiger partial charge in [-0.15, -0.1) is 0 Å². The average Bonchev–Trinajstić information content (AvgIpc) is 2.08. The molecule has 1 aliphatic rings. The van der Waals surface area contributed by atoms with Gasteiger partial charge in [0.05, 0.1) is 12.5 Å². The summed E-state index contributed by atoms with van der Waals surface area (Å²) in [5.74, 6) is -1.87. The fourth-order valence-electron chi connectivity index (χ4n) is 1.02. The predicted octanol–water partition coefficient (Wildman–Crippen LogP) is -2.48. The standard InChI is InChI=1S/C8H13N3O4/c12-6(10-4-7(13)14)3-11-8(15)5-1-9-2-5/h5,9H,1-4H2,(H,10,12)(H,11,15)(H,13,14). The predicted molar refractivity (Wildman–Crippen MR) is 50.0 cm³/mol. The van der Waals surface area contributed by atoms with E-state index in [9.17, 15) is 14.4 Å². The van der Waals surface area contributed by atoms with Crippen LogP contribution in [0.1, 0.15) is 0 Å². The highest BCUT2D eigenvalue weighted by Crippen LogP contribution is 2.01. The molecule has 0 spiro atoms. The fourth-order valence-corrected chi connectivity index (χ4v) is 1.02. The number of nitrogens with one attached hydrogen (secondary N) is 3. The molecule has 84 valence electrons. The van der Waals surface area contributed by atoms with Crippen LogP contribution in [0.3, 0.4) is 0 Å². The first kappa shape index (κ1) is 11.4. The number of hydrogen-bond acceptors (Lipinski definition) is 4. The molecule has 1 heterocycles. The monoisotopic (exact) mass is 215 g/mol. The molecular formula is C8H13N3O4. The van der Waals surface area contributed by atoms with Gasteiger partial charge in [0.25, 0.3) is 0 Å². The molecule has 0 aliphatic carbocycles. The highest BCUT2D eigenvalue weighted by atomic mass is 16.4. The van der Waals surface area contributed by atoms with Gasteiger partial charge in [0.2, 0.25) is 11.8 Å². The number of carboxylic acids is 1. The van der Waals surface area contributed by atoms with Crippen molar-refractivity contribution in [3.63, 3.8) is 0 Å². The zero-order chi connectivity index (χ0) is 11.3. The van der Waals surface area contributed by atoms with Gasteiger partial charge < -0.3 is 21.1 Å². The Morgan fingerprint density at radius 1 is 1.20 bits per heavy atom. The summed E-state index contributed by atoms with van der Waals surface area (Å²) in [5, 5.41) is 15.8. The molecule has 2 amide bonds. The second kappa shape index (κ2) is 5.30. The maximum Gasteiger partial charge on any atom is 0.322 e. The van der Waals surface area contributed by atoms with Crippen LogP contribution in [0.4, 0.5) is 0 Å². The summed E-state index contributed by atoms with van der Waals surface area (Å²) >= 11 is 0. The minimum absolute atomic E-state index is 0.0720. The number of aliphatic carboxylic acids is 1. The van der Waals surface area contributed by atoms with Crippen molar-refractivity contribution in [2.45, 2.75) is 0 Å². The quantitative estimate of drug-likeness (QED) is 0.406. The van der Waals surface area contributed by atoms with Gasteiger partial charge in [-0.1, -0.05) is 0 Å². The minimum Gasteiger partial charge on any atom is -0.480 e. The topological polar surface area (TPSA) is 108 Å². The molecule has 0 aromatic rings. The van der Waals surface area contributed by atoms with Crippen LogP contribution in [0.15, 0.2) is 0 Å². The van der Waals surface area contributed by atoms with Crippen molar-refractivity contribution < 1.29 is 19.5 Å². The van der Waals surface area contributed by atoms with Crippen molar-refractivity contribution in [3.05, 3.63) is 0 Å². The van der Waals surface area contributed by atoms with E-state index < -0.39 is 18.4 Å². The van der Waals surface area contributed by atoms with Gasteiger partial charge >= 0.3 is 5.97 Å². The number of rotatable bonds is 5. The van der Waals surface area contributed by atoms with E-state index in [0.29, 0.717) is 13.1 Å². The Morgan fingerprint density at radius 3 is 2.33 bits per heavy atom. The molecule has 1 rings (SSSR count). The Balaban J connectivity index is 2.10. The average molecular weight is 215 g/mol. The van der Waals surface area contributed by atoms with Crippen molar-refractivity contribution in [3.8, 4) is 0 Å². The normalized spacial score (nSPS) is 15.2. The van der Waals surface area contributed by atoms with Crippen LogP contribution in [0.5, 0.6) is 0 Å². The lowest BCUT2D eigenvalue weighted by molar-refractivity contribution is -0.137. The largest absolute Gasteiger partial charge is 0.480 e. The van der Waals surface area contributed by atoms with E-state index in [4.69, 9.17) is 5.11 Å². The Kier molecular flexibility index (Phi) is 4.04. The highest BCUT2D eigenvalue weighted by molar-refractivity contribution is 5.87. The van der Waals surface area contributed by atoms with Gasteiger partial charge in [0.15, 0.2) is 0 Å². The minimum atomic E-state index is -1.11. The Hall–Kier alpha value is -1.63. The molecule has 1 fully saturated rings. The van der Waals surface area contributed by atoms with Crippen LogP contribution in [0, 0.1) is 5.92 Å². The van der Waals surface area contributed by atoms with Gasteiger partial charge in [0.1, 0.15) is 6.54 Å². The van der Waals surface area contributed by atoms with E-state index in [0.717, 1.165) is 0 Å². The molecule has 1 saturated heterocycles. The van der Waals surface area contributed by atoms with E-state index in [2.05, 4.69) is 16.0 Å². The molecule has 4 N–H and O–H groups in total. The summed E-state index contributed by atoms with van der Waals surface area (Å²) < 4.78 is 0. The molecule has 0 aromatic carbocycles. The summed E-state index contributed by atoms with van der Waals surface area (Å²) in [7, 11) is 0. The van der Waals surface area contributed by atoms with Crippen LogP contribution in [0.2, 0.25) is 0 Å². The molecule has 1 aliphatic heterocycles. The van der Waals surface area contributed by atoms with Crippen molar-refractivity contribution in [2.24, 2.45) is 5.92 Å². The molecule has 0 radical (unpaired) electrons. The molecule has 0 unspecified atom stereocenters. The number of carboxylic acid groups (broad SMARTS) is 1. The SMILES string of the molecule is O=C(O)CNC(=O)CNC(=O)C1CNC1. The highest BCUT2D eigenvalue weighted by Gasteiger charge is 2.24. The molecule has 0 bridgehead atoms. The lowest BCUT2D eigenvalue weighted by Gasteiger charge is -2.25. The molecule has 15 heavy (non-hydrogen) atoms. The Labute approximate surface area is 86.2 Å². The third kappa shape index (κ3) is 3.94. The van der Waals surface area contributed by atoms with Gasteiger partial charge in [-0.25, -0.2) is 0 Å². The first-order chi connectivity index (χ1) is 7.09. The van der Waals surface area contributed by atoms with Crippen LogP contribution < -0.4 is 16.0 Å². The summed E-state index contributed by atoms with van der Waals surface area (Å²) in [6, 6.07) is 0. The summed E-state index contributed by atoms with van der Waals surface area (Å²) in [6.45, 7) is 0.646. The van der Waals surface area contributed by atoms with Gasteiger partial charge in [-0.05, 0) is 0 Å². The van der Waals surface area contributed by atoms with Crippen molar-refractivity contribution in [1.82, 2.24) is 16.0 Å². The summed E-state index contributed by atoms with van der Waals surface area (Å²) in [5.41, 5.74) is 0. The van der Waals surface area contributed by atoms with Crippen molar-refractivity contribution in [1.29, 1.82) is 0 Å². The zero-order valence-electron chi connectivity index (χ0n) is 8.08. The van der Waals surface area contributed by atoms with E-state index in [1.165, 1.54) is 0 Å². The molecular weight excluding hydrogens is 202 g/mol. The molecule has 7 nitrogen and oxygen atoms in total. The molecule has 0 saturated carbocycles. The first-order valence-electron chi connectivity index (χ1n) is 4.56. The third-order valence-electron chi connectivity index (χ3n) is 2.01. The first-order valence-corrected chi connectivity index (χ1v) is 4.56. The maximum atomic E-state index is 11.2. The summed E-state index contributed by atoms with van der Waals surface area (Å²) in [6.07, 6.45) is 0. The van der Waals surface area contributed by atoms with E-state index in [1.807, 2.05) is 0 Å². The van der Waals surface area contributed by atoms with Crippen LogP contribution in [-0.2, 0) is 14.4 Å². The molecule has 0 atom stereocenters. The third-order valence-corrected chi connectivity index (χ3v) is 2.01. The Bertz CT molecular complexity index is 275. The van der Waals surface area contributed by atoms with Gasteiger partial charge in [-0.3, -0.25) is 14.4 Å².